The van der Waals surface area contributed by atoms with Gasteiger partial charge in [0.1, 0.15) is 11.6 Å². The standard InChI is InChI=1S/C23H25FN2O/c1-15(2)13-18-5-3-4-12-26-22(18)25-21-14-17(8-11-20(21)23(26)27)16-6-9-19(24)10-7-16/h6-11,14-15,18H,3-5,12-13H2,1-2H3. The number of hydrogen-bond acceptors (Lipinski definition) is 2. The molecule has 0 saturated carbocycles. The Balaban J connectivity index is 1.86. The lowest BCUT2D eigenvalue weighted by molar-refractivity contribution is 0.455. The predicted octanol–water partition coefficient (Wildman–Crippen LogP) is 5.52. The topological polar surface area (TPSA) is 34.9 Å². The molecule has 3 nitrogen and oxygen atoms in total. The molecular formula is C23H25FN2O. The molecule has 4 heteroatoms. The van der Waals surface area contributed by atoms with Crippen LogP contribution in [-0.2, 0) is 6.54 Å². The molecule has 2 aromatic carbocycles. The maximum absolute atomic E-state index is 13.2. The zero-order valence-electron chi connectivity index (χ0n) is 15.9. The Morgan fingerprint density at radius 3 is 2.59 bits per heavy atom. The summed E-state index contributed by atoms with van der Waals surface area (Å²) in [6.07, 6.45) is 4.31. The molecule has 4 rings (SSSR count). The molecule has 1 aromatic heterocycles. The van der Waals surface area contributed by atoms with E-state index in [-0.39, 0.29) is 11.4 Å². The van der Waals surface area contributed by atoms with Gasteiger partial charge in [-0.3, -0.25) is 9.36 Å². The van der Waals surface area contributed by atoms with Crippen LogP contribution in [0.15, 0.2) is 47.3 Å². The lowest BCUT2D eigenvalue weighted by atomic mass is 9.92. The van der Waals surface area contributed by atoms with E-state index in [1.807, 2.05) is 22.8 Å². The average molecular weight is 364 g/mol. The van der Waals surface area contributed by atoms with Crippen molar-refractivity contribution in [3.05, 3.63) is 64.5 Å². The van der Waals surface area contributed by atoms with E-state index in [9.17, 15) is 9.18 Å². The minimum atomic E-state index is -0.252. The van der Waals surface area contributed by atoms with Crippen LogP contribution in [0.3, 0.4) is 0 Å². The van der Waals surface area contributed by atoms with Crippen molar-refractivity contribution in [2.75, 3.05) is 0 Å². The number of benzene rings is 2. The molecule has 0 amide bonds. The molecule has 3 aromatic rings. The SMILES string of the molecule is CC(C)CC1CCCCn2c1nc1cc(-c3ccc(F)cc3)ccc1c2=O. The summed E-state index contributed by atoms with van der Waals surface area (Å²) in [4.78, 5) is 18.1. The van der Waals surface area contributed by atoms with Gasteiger partial charge in [0.2, 0.25) is 0 Å². The van der Waals surface area contributed by atoms with Crippen molar-refractivity contribution in [2.24, 2.45) is 5.92 Å². The van der Waals surface area contributed by atoms with Gasteiger partial charge in [-0.25, -0.2) is 9.37 Å². The van der Waals surface area contributed by atoms with E-state index in [4.69, 9.17) is 4.98 Å². The zero-order chi connectivity index (χ0) is 19.0. The molecule has 0 spiro atoms. The molecule has 1 aliphatic heterocycles. The van der Waals surface area contributed by atoms with Gasteiger partial charge in [0, 0.05) is 12.5 Å². The van der Waals surface area contributed by atoms with Crippen LogP contribution < -0.4 is 5.56 Å². The summed E-state index contributed by atoms with van der Waals surface area (Å²) in [7, 11) is 0. The molecule has 140 valence electrons. The second-order valence-electron chi connectivity index (χ2n) is 7.99. The first-order chi connectivity index (χ1) is 13.0. The van der Waals surface area contributed by atoms with E-state index in [1.165, 1.54) is 12.1 Å². The second-order valence-corrected chi connectivity index (χ2v) is 7.99. The summed E-state index contributed by atoms with van der Waals surface area (Å²) in [5.74, 6) is 1.59. The number of halogens is 1. The van der Waals surface area contributed by atoms with Gasteiger partial charge in [0.15, 0.2) is 0 Å². The Morgan fingerprint density at radius 2 is 1.85 bits per heavy atom. The van der Waals surface area contributed by atoms with Crippen molar-refractivity contribution in [3.8, 4) is 11.1 Å². The molecule has 1 atom stereocenters. The van der Waals surface area contributed by atoms with Crippen LogP contribution in [0.2, 0.25) is 0 Å². The van der Waals surface area contributed by atoms with Gasteiger partial charge in [0.25, 0.3) is 5.56 Å². The highest BCUT2D eigenvalue weighted by Crippen LogP contribution is 2.31. The quantitative estimate of drug-likeness (QED) is 0.614. The third-order valence-electron chi connectivity index (χ3n) is 5.47. The summed E-state index contributed by atoms with van der Waals surface area (Å²) < 4.78 is 15.1. The van der Waals surface area contributed by atoms with Crippen LogP contribution >= 0.6 is 0 Å². The average Bonchev–Trinajstić information content (AvgIpc) is 2.84. The first-order valence-electron chi connectivity index (χ1n) is 9.83. The van der Waals surface area contributed by atoms with Crippen molar-refractivity contribution < 1.29 is 4.39 Å². The van der Waals surface area contributed by atoms with Crippen molar-refractivity contribution in [3.63, 3.8) is 0 Å². The molecule has 0 saturated heterocycles. The van der Waals surface area contributed by atoms with Crippen LogP contribution in [0.4, 0.5) is 4.39 Å². The Kier molecular flexibility index (Phi) is 4.81. The number of nitrogens with zero attached hydrogens (tertiary/aromatic N) is 2. The van der Waals surface area contributed by atoms with Crippen LogP contribution in [0.5, 0.6) is 0 Å². The highest BCUT2D eigenvalue weighted by molar-refractivity contribution is 5.83. The highest BCUT2D eigenvalue weighted by atomic mass is 19.1. The lowest BCUT2D eigenvalue weighted by Crippen LogP contribution is -2.26. The van der Waals surface area contributed by atoms with E-state index < -0.39 is 0 Å². The van der Waals surface area contributed by atoms with Crippen LogP contribution in [0.1, 0.15) is 51.3 Å². The third kappa shape index (κ3) is 3.53. The van der Waals surface area contributed by atoms with Gasteiger partial charge in [-0.1, -0.05) is 38.5 Å². The van der Waals surface area contributed by atoms with E-state index in [0.717, 1.165) is 54.7 Å². The molecule has 1 aliphatic rings. The van der Waals surface area contributed by atoms with E-state index in [2.05, 4.69) is 13.8 Å². The van der Waals surface area contributed by atoms with Gasteiger partial charge >= 0.3 is 0 Å². The van der Waals surface area contributed by atoms with Gasteiger partial charge < -0.3 is 0 Å². The largest absolute Gasteiger partial charge is 0.296 e. The van der Waals surface area contributed by atoms with Gasteiger partial charge in [0.05, 0.1) is 10.9 Å². The molecule has 2 heterocycles. The minimum Gasteiger partial charge on any atom is -0.296 e. The van der Waals surface area contributed by atoms with Gasteiger partial charge in [-0.05, 0) is 60.6 Å². The molecule has 0 N–H and O–H groups in total. The molecular weight excluding hydrogens is 339 g/mol. The Morgan fingerprint density at radius 1 is 1.11 bits per heavy atom. The van der Waals surface area contributed by atoms with E-state index in [1.54, 1.807) is 12.1 Å². The summed E-state index contributed by atoms with van der Waals surface area (Å²) in [6, 6.07) is 12.2. The molecule has 0 radical (unpaired) electrons. The summed E-state index contributed by atoms with van der Waals surface area (Å²) in [5.41, 5.74) is 2.68. The first kappa shape index (κ1) is 17.9. The molecule has 27 heavy (non-hydrogen) atoms. The lowest BCUT2D eigenvalue weighted by Gasteiger charge is -2.20. The van der Waals surface area contributed by atoms with Gasteiger partial charge in [-0.15, -0.1) is 0 Å². The zero-order valence-corrected chi connectivity index (χ0v) is 15.9. The Hall–Kier alpha value is -2.49. The first-order valence-corrected chi connectivity index (χ1v) is 9.83. The summed E-state index contributed by atoms with van der Waals surface area (Å²) >= 11 is 0. The van der Waals surface area contributed by atoms with Crippen molar-refractivity contribution in [1.82, 2.24) is 9.55 Å². The maximum atomic E-state index is 13.2. The number of fused-ring (bicyclic) bond motifs is 2. The highest BCUT2D eigenvalue weighted by Gasteiger charge is 2.23. The normalized spacial score (nSPS) is 17.1. The molecule has 1 unspecified atom stereocenters. The third-order valence-corrected chi connectivity index (χ3v) is 5.47. The van der Waals surface area contributed by atoms with Gasteiger partial charge in [-0.2, -0.15) is 0 Å². The van der Waals surface area contributed by atoms with E-state index in [0.29, 0.717) is 17.2 Å². The predicted molar refractivity (Wildman–Crippen MR) is 107 cm³/mol. The minimum absolute atomic E-state index is 0.0660. The number of aromatic nitrogens is 2. The Labute approximate surface area is 158 Å². The smallest absolute Gasteiger partial charge is 0.261 e. The van der Waals surface area contributed by atoms with Crippen molar-refractivity contribution in [2.45, 2.75) is 52.0 Å². The molecule has 0 aliphatic carbocycles. The van der Waals surface area contributed by atoms with Crippen molar-refractivity contribution >= 4 is 10.9 Å². The molecule has 0 fully saturated rings. The monoisotopic (exact) mass is 364 g/mol. The molecule has 0 bridgehead atoms. The van der Waals surface area contributed by atoms with Crippen LogP contribution in [0.25, 0.3) is 22.0 Å². The fraction of sp³-hybridized carbons (Fsp3) is 0.391. The Bertz CT molecular complexity index is 1020. The van der Waals surface area contributed by atoms with Crippen LogP contribution in [-0.4, -0.2) is 9.55 Å². The second kappa shape index (κ2) is 7.26. The van der Waals surface area contributed by atoms with Crippen LogP contribution in [0, 0.1) is 11.7 Å². The van der Waals surface area contributed by atoms with E-state index >= 15 is 0 Å². The summed E-state index contributed by atoms with van der Waals surface area (Å²) in [6.45, 7) is 5.20. The maximum Gasteiger partial charge on any atom is 0.261 e. The fourth-order valence-electron chi connectivity index (χ4n) is 4.17. The number of hydrogen-bond donors (Lipinski definition) is 0. The number of rotatable bonds is 3. The van der Waals surface area contributed by atoms with Crippen molar-refractivity contribution in [1.29, 1.82) is 0 Å². The summed E-state index contributed by atoms with van der Waals surface area (Å²) in [5, 5.41) is 0.662. The fourth-order valence-corrected chi connectivity index (χ4v) is 4.17.